The Morgan fingerprint density at radius 2 is 2.62 bits per heavy atom. The molecule has 0 aromatic carbocycles. The van der Waals surface area contributed by atoms with Gasteiger partial charge in [0.15, 0.2) is 0 Å². The molecule has 0 amide bonds. The number of thiazole rings is 1. The first-order valence-corrected chi connectivity index (χ1v) is 6.66. The van der Waals surface area contributed by atoms with E-state index in [4.69, 9.17) is 4.74 Å². The molecule has 1 unspecified atom stereocenters. The van der Waals surface area contributed by atoms with Gasteiger partial charge in [-0.1, -0.05) is 6.92 Å². The fourth-order valence-electron chi connectivity index (χ4n) is 1.68. The van der Waals surface area contributed by atoms with Crippen molar-refractivity contribution in [2.45, 2.75) is 26.0 Å². The van der Waals surface area contributed by atoms with Crippen molar-refractivity contribution in [2.75, 3.05) is 26.2 Å². The number of ether oxygens (including phenoxy) is 1. The van der Waals surface area contributed by atoms with Crippen molar-refractivity contribution in [2.24, 2.45) is 0 Å². The van der Waals surface area contributed by atoms with E-state index in [9.17, 15) is 0 Å². The number of rotatable bonds is 5. The van der Waals surface area contributed by atoms with E-state index in [1.54, 1.807) is 11.3 Å². The lowest BCUT2D eigenvalue weighted by Gasteiger charge is -2.23. The average molecular weight is 241 g/mol. The highest BCUT2D eigenvalue weighted by Crippen LogP contribution is 2.12. The zero-order chi connectivity index (χ0) is 11.2. The summed E-state index contributed by atoms with van der Waals surface area (Å²) >= 11 is 1.79. The maximum Gasteiger partial charge on any atom is 0.107 e. The highest BCUT2D eigenvalue weighted by molar-refractivity contribution is 7.11. The third kappa shape index (κ3) is 3.52. The normalized spacial score (nSPS) is 21.2. The van der Waals surface area contributed by atoms with Crippen molar-refractivity contribution in [3.8, 4) is 0 Å². The predicted octanol–water partition coefficient (Wildman–Crippen LogP) is 0.783. The third-order valence-electron chi connectivity index (χ3n) is 2.60. The Bertz CT molecular complexity index is 310. The molecular weight excluding hydrogens is 222 g/mol. The molecule has 5 heteroatoms. The lowest BCUT2D eigenvalue weighted by Crippen LogP contribution is -2.43. The van der Waals surface area contributed by atoms with Gasteiger partial charge < -0.3 is 15.4 Å². The van der Waals surface area contributed by atoms with Gasteiger partial charge in [0.2, 0.25) is 0 Å². The maximum absolute atomic E-state index is 5.60. The number of morpholine rings is 1. The van der Waals surface area contributed by atoms with Gasteiger partial charge in [0.05, 0.1) is 12.7 Å². The molecule has 1 aliphatic rings. The zero-order valence-corrected chi connectivity index (χ0v) is 10.5. The highest BCUT2D eigenvalue weighted by atomic mass is 32.1. The second kappa shape index (κ2) is 6.30. The minimum absolute atomic E-state index is 0.305. The molecule has 90 valence electrons. The lowest BCUT2D eigenvalue weighted by atomic mass is 10.3. The summed E-state index contributed by atoms with van der Waals surface area (Å²) < 4.78 is 5.60. The van der Waals surface area contributed by atoms with Crippen molar-refractivity contribution in [1.82, 2.24) is 15.6 Å². The van der Waals surface area contributed by atoms with Crippen molar-refractivity contribution in [1.29, 1.82) is 0 Å². The van der Waals surface area contributed by atoms with E-state index < -0.39 is 0 Å². The smallest absolute Gasteiger partial charge is 0.107 e. The van der Waals surface area contributed by atoms with Gasteiger partial charge in [-0.2, -0.15) is 0 Å². The SMILES string of the molecule is CCc1cnc(CNCC2CNCCO2)s1. The van der Waals surface area contributed by atoms with Gasteiger partial charge in [-0.15, -0.1) is 11.3 Å². The number of hydrogen-bond acceptors (Lipinski definition) is 5. The molecule has 0 saturated carbocycles. The molecule has 0 radical (unpaired) electrons. The van der Waals surface area contributed by atoms with Crippen LogP contribution >= 0.6 is 11.3 Å². The Labute approximate surface area is 100 Å². The van der Waals surface area contributed by atoms with Gasteiger partial charge in [-0.3, -0.25) is 0 Å². The molecule has 1 fully saturated rings. The minimum Gasteiger partial charge on any atom is -0.374 e. The van der Waals surface area contributed by atoms with Crippen molar-refractivity contribution in [3.63, 3.8) is 0 Å². The summed E-state index contributed by atoms with van der Waals surface area (Å²) in [7, 11) is 0. The topological polar surface area (TPSA) is 46.2 Å². The van der Waals surface area contributed by atoms with Crippen LogP contribution in [-0.4, -0.2) is 37.3 Å². The molecule has 1 aromatic heterocycles. The van der Waals surface area contributed by atoms with E-state index in [1.165, 1.54) is 9.88 Å². The van der Waals surface area contributed by atoms with Crippen LogP contribution < -0.4 is 10.6 Å². The zero-order valence-electron chi connectivity index (χ0n) is 9.66. The molecule has 1 atom stereocenters. The Morgan fingerprint density at radius 3 is 3.31 bits per heavy atom. The lowest BCUT2D eigenvalue weighted by molar-refractivity contribution is 0.0290. The Hall–Kier alpha value is -0.490. The first kappa shape index (κ1) is 12.0. The van der Waals surface area contributed by atoms with Crippen molar-refractivity contribution in [3.05, 3.63) is 16.1 Å². The standard InChI is InChI=1S/C11H19N3OS/c1-2-10-7-14-11(16-10)8-13-6-9-5-12-3-4-15-9/h7,9,12-13H,2-6,8H2,1H3. The Kier molecular flexibility index (Phi) is 4.71. The fraction of sp³-hybridized carbons (Fsp3) is 0.727. The van der Waals surface area contributed by atoms with E-state index in [-0.39, 0.29) is 0 Å². The van der Waals surface area contributed by atoms with Crippen LogP contribution in [0.3, 0.4) is 0 Å². The summed E-state index contributed by atoms with van der Waals surface area (Å²) in [5, 5.41) is 7.88. The Balaban J connectivity index is 1.66. The van der Waals surface area contributed by atoms with Gasteiger partial charge in [-0.25, -0.2) is 4.98 Å². The number of nitrogens with zero attached hydrogens (tertiary/aromatic N) is 1. The second-order valence-electron chi connectivity index (χ2n) is 3.90. The van der Waals surface area contributed by atoms with Gasteiger partial charge in [0.1, 0.15) is 5.01 Å². The molecule has 2 rings (SSSR count). The molecule has 4 nitrogen and oxygen atoms in total. The Morgan fingerprint density at radius 1 is 1.69 bits per heavy atom. The average Bonchev–Trinajstić information content (AvgIpc) is 2.78. The van der Waals surface area contributed by atoms with Crippen LogP contribution in [0.1, 0.15) is 16.8 Å². The summed E-state index contributed by atoms with van der Waals surface area (Å²) in [5.74, 6) is 0. The molecule has 2 N–H and O–H groups in total. The molecule has 0 bridgehead atoms. The van der Waals surface area contributed by atoms with Crippen LogP contribution in [0.4, 0.5) is 0 Å². The quantitative estimate of drug-likeness (QED) is 0.800. The van der Waals surface area contributed by atoms with Crippen LogP contribution in [0.25, 0.3) is 0 Å². The van der Waals surface area contributed by atoms with E-state index in [1.807, 2.05) is 6.20 Å². The second-order valence-corrected chi connectivity index (χ2v) is 5.10. The predicted molar refractivity (Wildman–Crippen MR) is 65.8 cm³/mol. The summed E-state index contributed by atoms with van der Waals surface area (Å²) in [6.07, 6.45) is 3.35. The number of aromatic nitrogens is 1. The summed E-state index contributed by atoms with van der Waals surface area (Å²) in [6.45, 7) is 6.66. The van der Waals surface area contributed by atoms with E-state index >= 15 is 0 Å². The van der Waals surface area contributed by atoms with E-state index in [0.717, 1.165) is 39.2 Å². The fourth-order valence-corrected chi connectivity index (χ4v) is 2.52. The van der Waals surface area contributed by atoms with Crippen molar-refractivity contribution >= 4 is 11.3 Å². The molecule has 16 heavy (non-hydrogen) atoms. The molecule has 1 saturated heterocycles. The van der Waals surface area contributed by atoms with Crippen LogP contribution in [-0.2, 0) is 17.7 Å². The largest absolute Gasteiger partial charge is 0.374 e. The summed E-state index contributed by atoms with van der Waals surface area (Å²) in [5.41, 5.74) is 0. The first-order valence-electron chi connectivity index (χ1n) is 5.85. The van der Waals surface area contributed by atoms with E-state index in [0.29, 0.717) is 6.10 Å². The molecule has 1 aromatic rings. The molecule has 1 aliphatic heterocycles. The monoisotopic (exact) mass is 241 g/mol. The van der Waals surface area contributed by atoms with Gasteiger partial charge in [0, 0.05) is 37.3 Å². The van der Waals surface area contributed by atoms with Crippen molar-refractivity contribution < 1.29 is 4.74 Å². The van der Waals surface area contributed by atoms with Gasteiger partial charge >= 0.3 is 0 Å². The molecule has 2 heterocycles. The molecular formula is C11H19N3OS. The maximum atomic E-state index is 5.60. The van der Waals surface area contributed by atoms with Gasteiger partial charge in [0.25, 0.3) is 0 Å². The molecule has 0 aliphatic carbocycles. The summed E-state index contributed by atoms with van der Waals surface area (Å²) in [6, 6.07) is 0. The van der Waals surface area contributed by atoms with Crippen LogP contribution in [0, 0.1) is 0 Å². The summed E-state index contributed by atoms with van der Waals surface area (Å²) in [4.78, 5) is 5.72. The number of hydrogen-bond donors (Lipinski definition) is 2. The van der Waals surface area contributed by atoms with Crippen LogP contribution in [0.15, 0.2) is 6.20 Å². The van der Waals surface area contributed by atoms with E-state index in [2.05, 4.69) is 22.5 Å². The number of aryl methyl sites for hydroxylation is 1. The van der Waals surface area contributed by atoms with Crippen LogP contribution in [0.2, 0.25) is 0 Å². The first-order chi connectivity index (χ1) is 7.88. The third-order valence-corrected chi connectivity index (χ3v) is 3.74. The van der Waals surface area contributed by atoms with Gasteiger partial charge in [-0.05, 0) is 6.42 Å². The molecule has 0 spiro atoms. The van der Waals surface area contributed by atoms with Crippen LogP contribution in [0.5, 0.6) is 0 Å². The highest BCUT2D eigenvalue weighted by Gasteiger charge is 2.12. The number of nitrogens with one attached hydrogen (secondary N) is 2. The minimum atomic E-state index is 0.305.